The SMILES string of the molecule is CSc1nnc(CN)n1CC(C)C. The lowest BCUT2D eigenvalue weighted by atomic mass is 10.2. The molecule has 1 aromatic heterocycles. The maximum Gasteiger partial charge on any atom is 0.190 e. The molecule has 1 heterocycles. The zero-order valence-corrected chi connectivity index (χ0v) is 9.14. The summed E-state index contributed by atoms with van der Waals surface area (Å²) in [6.07, 6.45) is 2.00. The number of thioether (sulfide) groups is 1. The van der Waals surface area contributed by atoms with Crippen molar-refractivity contribution in [1.82, 2.24) is 14.8 Å². The Morgan fingerprint density at radius 3 is 2.62 bits per heavy atom. The highest BCUT2D eigenvalue weighted by atomic mass is 32.2. The molecule has 0 aliphatic rings. The van der Waals surface area contributed by atoms with E-state index in [0.29, 0.717) is 12.5 Å². The van der Waals surface area contributed by atoms with Crippen molar-refractivity contribution in [3.63, 3.8) is 0 Å². The summed E-state index contributed by atoms with van der Waals surface area (Å²) in [5.41, 5.74) is 5.56. The van der Waals surface area contributed by atoms with Gasteiger partial charge >= 0.3 is 0 Å². The molecule has 5 heteroatoms. The van der Waals surface area contributed by atoms with Gasteiger partial charge in [0, 0.05) is 6.54 Å². The first kappa shape index (κ1) is 10.5. The molecule has 1 rings (SSSR count). The van der Waals surface area contributed by atoms with E-state index in [0.717, 1.165) is 17.5 Å². The third kappa shape index (κ3) is 2.45. The molecule has 0 saturated heterocycles. The van der Waals surface area contributed by atoms with Gasteiger partial charge in [-0.3, -0.25) is 0 Å². The minimum absolute atomic E-state index is 0.459. The second-order valence-corrected chi connectivity index (χ2v) is 4.08. The summed E-state index contributed by atoms with van der Waals surface area (Å²) in [6, 6.07) is 0. The monoisotopic (exact) mass is 200 g/mol. The quantitative estimate of drug-likeness (QED) is 0.740. The molecule has 0 aromatic carbocycles. The molecule has 0 bridgehead atoms. The summed E-state index contributed by atoms with van der Waals surface area (Å²) >= 11 is 1.61. The molecular weight excluding hydrogens is 184 g/mol. The summed E-state index contributed by atoms with van der Waals surface area (Å²) in [4.78, 5) is 0. The van der Waals surface area contributed by atoms with Crippen LogP contribution in [0, 0.1) is 5.92 Å². The second kappa shape index (κ2) is 4.62. The van der Waals surface area contributed by atoms with E-state index in [-0.39, 0.29) is 0 Å². The van der Waals surface area contributed by atoms with Crippen LogP contribution in [-0.2, 0) is 13.1 Å². The van der Waals surface area contributed by atoms with Crippen molar-refractivity contribution in [3.05, 3.63) is 5.82 Å². The van der Waals surface area contributed by atoms with Crippen molar-refractivity contribution in [2.24, 2.45) is 11.7 Å². The van der Waals surface area contributed by atoms with Gasteiger partial charge in [-0.2, -0.15) is 0 Å². The molecular formula is C8H16N4S. The lowest BCUT2D eigenvalue weighted by molar-refractivity contribution is 0.480. The highest BCUT2D eigenvalue weighted by molar-refractivity contribution is 7.98. The maximum absolute atomic E-state index is 5.56. The Balaban J connectivity index is 2.91. The number of aromatic nitrogens is 3. The Kier molecular flexibility index (Phi) is 3.74. The summed E-state index contributed by atoms with van der Waals surface area (Å²) in [7, 11) is 0. The van der Waals surface area contributed by atoms with Crippen LogP contribution in [-0.4, -0.2) is 21.0 Å². The van der Waals surface area contributed by atoms with Crippen LogP contribution in [0.15, 0.2) is 5.16 Å². The smallest absolute Gasteiger partial charge is 0.190 e. The van der Waals surface area contributed by atoms with Crippen LogP contribution < -0.4 is 5.73 Å². The third-order valence-corrected chi connectivity index (χ3v) is 2.37. The Morgan fingerprint density at radius 2 is 2.15 bits per heavy atom. The van der Waals surface area contributed by atoms with Gasteiger partial charge in [-0.15, -0.1) is 10.2 Å². The first-order valence-corrected chi connectivity index (χ1v) is 5.57. The molecule has 0 aliphatic carbocycles. The molecule has 0 aliphatic heterocycles. The largest absolute Gasteiger partial charge is 0.324 e. The fraction of sp³-hybridized carbons (Fsp3) is 0.750. The van der Waals surface area contributed by atoms with E-state index in [1.807, 2.05) is 6.26 Å². The predicted octanol–water partition coefficient (Wildman–Crippen LogP) is 1.11. The van der Waals surface area contributed by atoms with Crippen LogP contribution in [0.25, 0.3) is 0 Å². The van der Waals surface area contributed by atoms with Crippen molar-refractivity contribution < 1.29 is 0 Å². The van der Waals surface area contributed by atoms with E-state index in [2.05, 4.69) is 28.6 Å². The topological polar surface area (TPSA) is 56.7 Å². The van der Waals surface area contributed by atoms with Crippen molar-refractivity contribution in [3.8, 4) is 0 Å². The Bertz CT molecular complexity index is 248. The van der Waals surface area contributed by atoms with Crippen LogP contribution in [0.1, 0.15) is 19.7 Å². The highest BCUT2D eigenvalue weighted by Gasteiger charge is 2.10. The summed E-state index contributed by atoms with van der Waals surface area (Å²) in [6.45, 7) is 5.74. The molecule has 13 heavy (non-hydrogen) atoms. The lowest BCUT2D eigenvalue weighted by Gasteiger charge is -2.10. The molecule has 0 atom stereocenters. The minimum atomic E-state index is 0.459. The van der Waals surface area contributed by atoms with Crippen LogP contribution in [0.3, 0.4) is 0 Å². The third-order valence-electron chi connectivity index (χ3n) is 1.71. The number of hydrogen-bond donors (Lipinski definition) is 1. The van der Waals surface area contributed by atoms with Gasteiger partial charge in [0.05, 0.1) is 6.54 Å². The van der Waals surface area contributed by atoms with E-state index in [1.165, 1.54) is 0 Å². The van der Waals surface area contributed by atoms with Crippen molar-refractivity contribution in [2.75, 3.05) is 6.26 Å². The molecule has 0 amide bonds. The van der Waals surface area contributed by atoms with Crippen LogP contribution in [0.2, 0.25) is 0 Å². The number of hydrogen-bond acceptors (Lipinski definition) is 4. The lowest BCUT2D eigenvalue weighted by Crippen LogP contribution is -2.12. The highest BCUT2D eigenvalue weighted by Crippen LogP contribution is 2.15. The van der Waals surface area contributed by atoms with Gasteiger partial charge in [-0.25, -0.2) is 0 Å². The zero-order valence-electron chi connectivity index (χ0n) is 8.32. The number of rotatable bonds is 4. The van der Waals surface area contributed by atoms with Gasteiger partial charge in [0.1, 0.15) is 5.82 Å². The minimum Gasteiger partial charge on any atom is -0.324 e. The average Bonchev–Trinajstić information content (AvgIpc) is 2.46. The molecule has 74 valence electrons. The molecule has 0 unspecified atom stereocenters. The number of nitrogens with two attached hydrogens (primary N) is 1. The first-order chi connectivity index (χ1) is 6.19. The normalized spacial score (nSPS) is 11.2. The molecule has 0 spiro atoms. The summed E-state index contributed by atoms with van der Waals surface area (Å²) < 4.78 is 2.09. The molecule has 2 N–H and O–H groups in total. The second-order valence-electron chi connectivity index (χ2n) is 3.31. The summed E-state index contributed by atoms with van der Waals surface area (Å²) in [5.74, 6) is 1.46. The van der Waals surface area contributed by atoms with E-state index >= 15 is 0 Å². The van der Waals surface area contributed by atoms with Gasteiger partial charge in [-0.1, -0.05) is 25.6 Å². The fourth-order valence-corrected chi connectivity index (χ4v) is 1.69. The van der Waals surface area contributed by atoms with Crippen LogP contribution in [0.5, 0.6) is 0 Å². The van der Waals surface area contributed by atoms with E-state index < -0.39 is 0 Å². The molecule has 0 saturated carbocycles. The van der Waals surface area contributed by atoms with Crippen LogP contribution in [0.4, 0.5) is 0 Å². The van der Waals surface area contributed by atoms with Gasteiger partial charge < -0.3 is 10.3 Å². The van der Waals surface area contributed by atoms with Gasteiger partial charge in [-0.05, 0) is 12.2 Å². The molecule has 4 nitrogen and oxygen atoms in total. The maximum atomic E-state index is 5.56. The predicted molar refractivity (Wildman–Crippen MR) is 54.5 cm³/mol. The van der Waals surface area contributed by atoms with E-state index in [1.54, 1.807) is 11.8 Å². The summed E-state index contributed by atoms with van der Waals surface area (Å²) in [5, 5.41) is 9.03. The van der Waals surface area contributed by atoms with Crippen molar-refractivity contribution >= 4 is 11.8 Å². The molecule has 1 aromatic rings. The number of nitrogens with zero attached hydrogens (tertiary/aromatic N) is 3. The first-order valence-electron chi connectivity index (χ1n) is 4.35. The zero-order chi connectivity index (χ0) is 9.84. The fourth-order valence-electron chi connectivity index (χ4n) is 1.17. The standard InChI is InChI=1S/C8H16N4S/c1-6(2)5-12-7(4-9)10-11-8(12)13-3/h6H,4-5,9H2,1-3H3. The van der Waals surface area contributed by atoms with Gasteiger partial charge in [0.15, 0.2) is 5.16 Å². The van der Waals surface area contributed by atoms with Crippen LogP contribution >= 0.6 is 11.8 Å². The van der Waals surface area contributed by atoms with E-state index in [9.17, 15) is 0 Å². The molecule has 0 radical (unpaired) electrons. The Labute approximate surface area is 82.9 Å². The van der Waals surface area contributed by atoms with Gasteiger partial charge in [0.25, 0.3) is 0 Å². The Morgan fingerprint density at radius 1 is 1.46 bits per heavy atom. The van der Waals surface area contributed by atoms with Gasteiger partial charge in [0.2, 0.25) is 0 Å². The van der Waals surface area contributed by atoms with E-state index in [4.69, 9.17) is 5.73 Å². The average molecular weight is 200 g/mol. The Hall–Kier alpha value is -0.550. The van der Waals surface area contributed by atoms with Crippen molar-refractivity contribution in [2.45, 2.75) is 32.1 Å². The van der Waals surface area contributed by atoms with Crippen molar-refractivity contribution in [1.29, 1.82) is 0 Å². The molecule has 0 fully saturated rings.